The van der Waals surface area contributed by atoms with Crippen LogP contribution in [-0.4, -0.2) is 28.2 Å². The predicted octanol–water partition coefficient (Wildman–Crippen LogP) is 4.94. The molecule has 1 N–H and O–H groups in total. The van der Waals surface area contributed by atoms with E-state index in [2.05, 4.69) is 15.3 Å². The van der Waals surface area contributed by atoms with Crippen LogP contribution in [0.3, 0.4) is 0 Å². The second-order valence-electron chi connectivity index (χ2n) is 6.20. The van der Waals surface area contributed by atoms with Gasteiger partial charge in [-0.25, -0.2) is 9.97 Å². The van der Waals surface area contributed by atoms with Gasteiger partial charge in [0.15, 0.2) is 5.16 Å². The molecule has 0 unspecified atom stereocenters. The lowest BCUT2D eigenvalue weighted by Crippen LogP contribution is -2.16. The van der Waals surface area contributed by atoms with Crippen LogP contribution in [0.5, 0.6) is 5.75 Å². The average Bonchev–Trinajstić information content (AvgIpc) is 2.62. The van der Waals surface area contributed by atoms with Gasteiger partial charge in [0.2, 0.25) is 5.91 Å². The van der Waals surface area contributed by atoms with Gasteiger partial charge in [0.25, 0.3) is 0 Å². The van der Waals surface area contributed by atoms with E-state index in [4.69, 9.17) is 4.74 Å². The number of amides is 1. The van der Waals surface area contributed by atoms with E-state index < -0.39 is 17.6 Å². The number of hydrogen-bond donors (Lipinski definition) is 1. The van der Waals surface area contributed by atoms with E-state index in [1.165, 1.54) is 6.07 Å². The molecule has 1 aromatic carbocycles. The summed E-state index contributed by atoms with van der Waals surface area (Å²) in [5.41, 5.74) is 1.76. The first-order valence-corrected chi connectivity index (χ1v) is 9.69. The molecule has 0 aliphatic carbocycles. The molecule has 28 heavy (non-hydrogen) atoms. The number of nitrogens with zero attached hydrogens (tertiary/aromatic N) is 2. The molecule has 0 radical (unpaired) electrons. The maximum absolute atomic E-state index is 13.0. The van der Waals surface area contributed by atoms with Crippen molar-refractivity contribution in [2.75, 3.05) is 17.7 Å². The Balaban J connectivity index is 2.13. The molecule has 0 aliphatic rings. The Kier molecular flexibility index (Phi) is 7.29. The Morgan fingerprint density at radius 3 is 2.39 bits per heavy atom. The van der Waals surface area contributed by atoms with Crippen molar-refractivity contribution in [2.24, 2.45) is 0 Å². The maximum atomic E-state index is 13.0. The topological polar surface area (TPSA) is 64.1 Å². The summed E-state index contributed by atoms with van der Waals surface area (Å²) in [5, 5.41) is 2.95. The van der Waals surface area contributed by atoms with Crippen LogP contribution in [0.4, 0.5) is 18.9 Å². The fraction of sp³-hybridized carbons (Fsp3) is 0.421. The Hall–Kier alpha value is -2.29. The summed E-state index contributed by atoms with van der Waals surface area (Å²) in [6.07, 6.45) is -3.82. The van der Waals surface area contributed by atoms with Crippen molar-refractivity contribution in [3.63, 3.8) is 0 Å². The summed E-state index contributed by atoms with van der Waals surface area (Å²) in [4.78, 5) is 20.9. The van der Waals surface area contributed by atoms with Crippen LogP contribution < -0.4 is 10.1 Å². The maximum Gasteiger partial charge on any atom is 0.416 e. The molecule has 0 saturated carbocycles. The molecule has 1 aromatic heterocycles. The molecular weight excluding hydrogens is 391 g/mol. The van der Waals surface area contributed by atoms with Crippen LogP contribution in [0.15, 0.2) is 23.4 Å². The minimum Gasteiger partial charge on any atom is -0.491 e. The largest absolute Gasteiger partial charge is 0.491 e. The molecule has 1 amide bonds. The second kappa shape index (κ2) is 9.27. The molecule has 2 aromatic rings. The Morgan fingerprint density at radius 1 is 1.18 bits per heavy atom. The van der Waals surface area contributed by atoms with Gasteiger partial charge in [-0.2, -0.15) is 13.2 Å². The third-order valence-electron chi connectivity index (χ3n) is 3.99. The quantitative estimate of drug-likeness (QED) is 0.515. The Bertz CT molecular complexity index is 834. The van der Waals surface area contributed by atoms with Crippen molar-refractivity contribution >= 4 is 23.4 Å². The zero-order chi connectivity index (χ0) is 20.9. The second-order valence-corrected chi connectivity index (χ2v) is 7.14. The molecule has 1 heterocycles. The number of aromatic nitrogens is 2. The van der Waals surface area contributed by atoms with E-state index in [0.29, 0.717) is 18.2 Å². The van der Waals surface area contributed by atoms with Crippen LogP contribution in [0.2, 0.25) is 0 Å². The number of alkyl halides is 3. The number of benzene rings is 1. The van der Waals surface area contributed by atoms with Crippen LogP contribution in [0.1, 0.15) is 35.9 Å². The number of thioether (sulfide) groups is 1. The van der Waals surface area contributed by atoms with Gasteiger partial charge in [-0.05, 0) is 51.0 Å². The van der Waals surface area contributed by atoms with E-state index in [-0.39, 0.29) is 17.2 Å². The molecule has 0 atom stereocenters. The number of halogens is 3. The van der Waals surface area contributed by atoms with Crippen LogP contribution >= 0.6 is 11.8 Å². The first-order chi connectivity index (χ1) is 13.1. The molecular formula is C19H22F3N3O2S. The van der Waals surface area contributed by atoms with Crippen LogP contribution in [0.25, 0.3) is 0 Å². The molecule has 0 bridgehead atoms. The zero-order valence-corrected chi connectivity index (χ0v) is 16.9. The summed E-state index contributed by atoms with van der Waals surface area (Å²) in [6.45, 7) is 7.84. The van der Waals surface area contributed by atoms with Gasteiger partial charge in [0, 0.05) is 11.4 Å². The molecule has 9 heteroatoms. The van der Waals surface area contributed by atoms with Gasteiger partial charge in [-0.1, -0.05) is 18.7 Å². The first kappa shape index (κ1) is 22.0. The SMILES string of the molecule is CCCOc1ccc(C(F)(F)F)cc1NC(=O)CSc1nc(C)c(C)c(C)n1. The normalized spacial score (nSPS) is 11.4. The van der Waals surface area contributed by atoms with Crippen molar-refractivity contribution in [3.05, 3.63) is 40.7 Å². The highest BCUT2D eigenvalue weighted by Gasteiger charge is 2.31. The van der Waals surface area contributed by atoms with Crippen LogP contribution in [-0.2, 0) is 11.0 Å². The van der Waals surface area contributed by atoms with Crippen LogP contribution in [0, 0.1) is 20.8 Å². The van der Waals surface area contributed by atoms with Crippen molar-refractivity contribution in [3.8, 4) is 5.75 Å². The smallest absolute Gasteiger partial charge is 0.416 e. The van der Waals surface area contributed by atoms with Gasteiger partial charge in [0.05, 0.1) is 23.6 Å². The van der Waals surface area contributed by atoms with Crippen molar-refractivity contribution < 1.29 is 22.7 Å². The number of anilines is 1. The highest BCUT2D eigenvalue weighted by atomic mass is 32.2. The Labute approximate surface area is 166 Å². The average molecular weight is 413 g/mol. The zero-order valence-electron chi connectivity index (χ0n) is 16.1. The Morgan fingerprint density at radius 2 is 1.82 bits per heavy atom. The minimum absolute atomic E-state index is 0.00828. The fourth-order valence-corrected chi connectivity index (χ4v) is 3.00. The third kappa shape index (κ3) is 5.85. The van der Waals surface area contributed by atoms with E-state index in [1.54, 1.807) is 0 Å². The van der Waals surface area contributed by atoms with Crippen molar-refractivity contribution in [2.45, 2.75) is 45.4 Å². The number of rotatable bonds is 7. The molecule has 5 nitrogen and oxygen atoms in total. The first-order valence-electron chi connectivity index (χ1n) is 8.70. The molecule has 0 fully saturated rings. The number of nitrogens with one attached hydrogen (secondary N) is 1. The lowest BCUT2D eigenvalue weighted by Gasteiger charge is -2.15. The number of ether oxygens (including phenoxy) is 1. The molecule has 0 aliphatic heterocycles. The summed E-state index contributed by atoms with van der Waals surface area (Å²) in [7, 11) is 0. The van der Waals surface area contributed by atoms with E-state index in [1.807, 2.05) is 27.7 Å². The lowest BCUT2D eigenvalue weighted by molar-refractivity contribution is -0.137. The number of carbonyl (C=O) groups excluding carboxylic acids is 1. The van der Waals surface area contributed by atoms with Gasteiger partial charge in [0.1, 0.15) is 5.75 Å². The molecule has 2 rings (SSSR count). The molecule has 0 spiro atoms. The summed E-state index contributed by atoms with van der Waals surface area (Å²) in [6, 6.07) is 3.03. The summed E-state index contributed by atoms with van der Waals surface area (Å²) < 4.78 is 44.4. The number of aryl methyl sites for hydroxylation is 2. The lowest BCUT2D eigenvalue weighted by atomic mass is 10.1. The van der Waals surface area contributed by atoms with Crippen molar-refractivity contribution in [1.29, 1.82) is 0 Å². The summed E-state index contributed by atoms with van der Waals surface area (Å²) >= 11 is 1.12. The molecule has 152 valence electrons. The number of hydrogen-bond acceptors (Lipinski definition) is 5. The van der Waals surface area contributed by atoms with E-state index in [9.17, 15) is 18.0 Å². The standard InChI is InChI=1S/C19H22F3N3O2S/c1-5-8-27-16-7-6-14(19(20,21)22)9-15(16)25-17(26)10-28-18-23-12(3)11(2)13(4)24-18/h6-7,9H,5,8,10H2,1-4H3,(H,25,26). The van der Waals surface area contributed by atoms with E-state index in [0.717, 1.165) is 40.8 Å². The van der Waals surface area contributed by atoms with E-state index >= 15 is 0 Å². The number of carbonyl (C=O) groups is 1. The highest BCUT2D eigenvalue weighted by Crippen LogP contribution is 2.35. The van der Waals surface area contributed by atoms with Gasteiger partial charge >= 0.3 is 6.18 Å². The molecule has 0 saturated heterocycles. The fourth-order valence-electron chi connectivity index (χ4n) is 2.26. The third-order valence-corrected chi connectivity index (χ3v) is 4.83. The predicted molar refractivity (Wildman–Crippen MR) is 103 cm³/mol. The van der Waals surface area contributed by atoms with Gasteiger partial charge < -0.3 is 10.1 Å². The minimum atomic E-state index is -4.51. The van der Waals surface area contributed by atoms with Gasteiger partial charge in [-0.3, -0.25) is 4.79 Å². The summed E-state index contributed by atoms with van der Waals surface area (Å²) in [5.74, 6) is -0.303. The van der Waals surface area contributed by atoms with Crippen molar-refractivity contribution in [1.82, 2.24) is 9.97 Å². The monoisotopic (exact) mass is 413 g/mol. The highest BCUT2D eigenvalue weighted by molar-refractivity contribution is 7.99. The van der Waals surface area contributed by atoms with Gasteiger partial charge in [-0.15, -0.1) is 0 Å².